The van der Waals surface area contributed by atoms with Crippen LogP contribution in [0, 0.1) is 0 Å². The maximum atomic E-state index is 5.73. The van der Waals surface area contributed by atoms with Gasteiger partial charge in [0, 0.05) is 37.0 Å². The van der Waals surface area contributed by atoms with Gasteiger partial charge >= 0.3 is 0 Å². The van der Waals surface area contributed by atoms with Crippen molar-refractivity contribution in [1.29, 1.82) is 0 Å². The van der Waals surface area contributed by atoms with E-state index in [1.807, 2.05) is 18.2 Å². The monoisotopic (exact) mass is 237 g/mol. The van der Waals surface area contributed by atoms with Crippen LogP contribution in [-0.4, -0.2) is 51.1 Å². The molecule has 4 nitrogen and oxygen atoms in total. The fourth-order valence-electron chi connectivity index (χ4n) is 1.63. The normalized spacial score (nSPS) is 11.2. The fraction of sp³-hybridized carbons (Fsp3) is 0.538. The number of hydrogen-bond donors (Lipinski definition) is 1. The molecule has 0 fully saturated rings. The molecule has 0 amide bonds. The molecule has 0 aliphatic rings. The van der Waals surface area contributed by atoms with E-state index < -0.39 is 0 Å². The second kappa shape index (κ2) is 6.47. The van der Waals surface area contributed by atoms with Gasteiger partial charge in [-0.3, -0.25) is 0 Å². The third kappa shape index (κ3) is 4.63. The lowest BCUT2D eigenvalue weighted by molar-refractivity contribution is 0.272. The smallest absolute Gasteiger partial charge is 0.125 e. The first-order valence-electron chi connectivity index (χ1n) is 5.78. The van der Waals surface area contributed by atoms with Crippen molar-refractivity contribution in [2.45, 2.75) is 6.54 Å². The zero-order valence-corrected chi connectivity index (χ0v) is 11.2. The first-order valence-corrected chi connectivity index (χ1v) is 5.78. The molecule has 0 radical (unpaired) electrons. The van der Waals surface area contributed by atoms with Crippen molar-refractivity contribution >= 4 is 5.69 Å². The van der Waals surface area contributed by atoms with Gasteiger partial charge in [-0.05, 0) is 27.2 Å². The quantitative estimate of drug-likeness (QED) is 0.757. The van der Waals surface area contributed by atoms with E-state index >= 15 is 0 Å². The average Bonchev–Trinajstić information content (AvgIpc) is 2.28. The number of anilines is 1. The van der Waals surface area contributed by atoms with Gasteiger partial charge in [-0.2, -0.15) is 0 Å². The molecule has 0 saturated heterocycles. The maximum Gasteiger partial charge on any atom is 0.125 e. The molecule has 4 heteroatoms. The molecular weight excluding hydrogens is 214 g/mol. The minimum atomic E-state index is 0.738. The molecule has 0 bridgehead atoms. The fourth-order valence-corrected chi connectivity index (χ4v) is 1.63. The van der Waals surface area contributed by atoms with Crippen LogP contribution in [0.5, 0.6) is 5.75 Å². The molecule has 2 N–H and O–H groups in total. The van der Waals surface area contributed by atoms with Crippen LogP contribution < -0.4 is 10.5 Å². The van der Waals surface area contributed by atoms with Crippen molar-refractivity contribution in [3.05, 3.63) is 23.8 Å². The standard InChI is InChI=1S/C13H23N3O/c1-15(2)7-8-16(3)10-11-5-6-12(14)9-13(11)17-4/h5-6,9H,7-8,10,14H2,1-4H3. The Kier molecular flexibility index (Phi) is 5.25. The minimum Gasteiger partial charge on any atom is -0.496 e. The van der Waals surface area contributed by atoms with Gasteiger partial charge in [-0.25, -0.2) is 0 Å². The number of ether oxygens (including phenoxy) is 1. The Morgan fingerprint density at radius 3 is 2.47 bits per heavy atom. The summed E-state index contributed by atoms with van der Waals surface area (Å²) in [5.41, 5.74) is 7.64. The van der Waals surface area contributed by atoms with Gasteiger partial charge in [0.2, 0.25) is 0 Å². The van der Waals surface area contributed by atoms with Crippen LogP contribution in [0.2, 0.25) is 0 Å². The summed E-state index contributed by atoms with van der Waals surface area (Å²) in [7, 11) is 7.95. The average molecular weight is 237 g/mol. The van der Waals surface area contributed by atoms with Crippen molar-refractivity contribution in [2.75, 3.05) is 47.1 Å². The molecule has 0 saturated carbocycles. The number of benzene rings is 1. The Morgan fingerprint density at radius 2 is 1.88 bits per heavy atom. The SMILES string of the molecule is COc1cc(N)ccc1CN(C)CCN(C)C. The van der Waals surface area contributed by atoms with Gasteiger partial charge < -0.3 is 20.3 Å². The van der Waals surface area contributed by atoms with E-state index in [4.69, 9.17) is 10.5 Å². The Morgan fingerprint density at radius 1 is 1.18 bits per heavy atom. The molecule has 0 unspecified atom stereocenters. The van der Waals surface area contributed by atoms with E-state index in [0.29, 0.717) is 0 Å². The molecule has 1 aromatic rings. The lowest BCUT2D eigenvalue weighted by Gasteiger charge is -2.20. The van der Waals surface area contributed by atoms with Crippen LogP contribution in [-0.2, 0) is 6.54 Å². The van der Waals surface area contributed by atoms with Crippen molar-refractivity contribution in [2.24, 2.45) is 0 Å². The van der Waals surface area contributed by atoms with Crippen molar-refractivity contribution in [1.82, 2.24) is 9.80 Å². The molecule has 96 valence electrons. The molecule has 0 aromatic heterocycles. The summed E-state index contributed by atoms with van der Waals surface area (Å²) in [4.78, 5) is 4.45. The zero-order valence-electron chi connectivity index (χ0n) is 11.2. The lowest BCUT2D eigenvalue weighted by Crippen LogP contribution is -2.28. The Balaban J connectivity index is 2.61. The zero-order chi connectivity index (χ0) is 12.8. The number of likely N-dealkylation sites (N-methyl/N-ethyl adjacent to an activating group) is 2. The Hall–Kier alpha value is -1.26. The van der Waals surface area contributed by atoms with E-state index in [1.165, 1.54) is 5.56 Å². The molecule has 0 spiro atoms. The summed E-state index contributed by atoms with van der Waals surface area (Å²) in [6.45, 7) is 2.95. The highest BCUT2D eigenvalue weighted by Gasteiger charge is 2.06. The summed E-state index contributed by atoms with van der Waals surface area (Å²) in [6, 6.07) is 5.81. The topological polar surface area (TPSA) is 41.7 Å². The van der Waals surface area contributed by atoms with Gasteiger partial charge in [0.25, 0.3) is 0 Å². The predicted molar refractivity (Wildman–Crippen MR) is 72.3 cm³/mol. The van der Waals surface area contributed by atoms with E-state index in [1.54, 1.807) is 7.11 Å². The van der Waals surface area contributed by atoms with Crippen LogP contribution in [0.3, 0.4) is 0 Å². The molecule has 0 heterocycles. The first kappa shape index (κ1) is 13.8. The molecule has 0 atom stereocenters. The van der Waals surface area contributed by atoms with Crippen molar-refractivity contribution < 1.29 is 4.74 Å². The summed E-state index contributed by atoms with van der Waals surface area (Å²) in [5.74, 6) is 0.863. The molecular formula is C13H23N3O. The number of hydrogen-bond acceptors (Lipinski definition) is 4. The molecule has 0 aliphatic carbocycles. The largest absolute Gasteiger partial charge is 0.496 e. The van der Waals surface area contributed by atoms with Crippen LogP contribution >= 0.6 is 0 Å². The summed E-state index contributed by atoms with van der Waals surface area (Å²) in [6.07, 6.45) is 0. The van der Waals surface area contributed by atoms with Crippen LogP contribution in [0.1, 0.15) is 5.56 Å². The van der Waals surface area contributed by atoms with E-state index in [2.05, 4.69) is 30.9 Å². The number of rotatable bonds is 6. The molecule has 1 rings (SSSR count). The summed E-state index contributed by atoms with van der Waals surface area (Å²) >= 11 is 0. The number of nitrogens with zero attached hydrogens (tertiary/aromatic N) is 2. The highest BCUT2D eigenvalue weighted by atomic mass is 16.5. The molecule has 0 aliphatic heterocycles. The van der Waals surface area contributed by atoms with Gasteiger partial charge in [-0.15, -0.1) is 0 Å². The third-order valence-electron chi connectivity index (χ3n) is 2.68. The number of nitrogen functional groups attached to an aromatic ring is 1. The lowest BCUT2D eigenvalue weighted by atomic mass is 10.1. The van der Waals surface area contributed by atoms with E-state index in [-0.39, 0.29) is 0 Å². The summed E-state index contributed by atoms with van der Waals surface area (Å²) < 4.78 is 5.34. The Labute approximate surface area is 104 Å². The number of methoxy groups -OCH3 is 1. The van der Waals surface area contributed by atoms with Gasteiger partial charge in [0.15, 0.2) is 0 Å². The second-order valence-electron chi connectivity index (χ2n) is 4.61. The first-order chi connectivity index (χ1) is 8.02. The second-order valence-corrected chi connectivity index (χ2v) is 4.61. The van der Waals surface area contributed by atoms with E-state index in [9.17, 15) is 0 Å². The van der Waals surface area contributed by atoms with Gasteiger partial charge in [0.05, 0.1) is 7.11 Å². The van der Waals surface area contributed by atoms with Crippen molar-refractivity contribution in [3.8, 4) is 5.75 Å². The Bertz CT molecular complexity index is 353. The predicted octanol–water partition coefficient (Wildman–Crippen LogP) is 1.27. The van der Waals surface area contributed by atoms with E-state index in [0.717, 1.165) is 31.1 Å². The molecule has 17 heavy (non-hydrogen) atoms. The minimum absolute atomic E-state index is 0.738. The molecule has 1 aromatic carbocycles. The number of nitrogens with two attached hydrogens (primary N) is 1. The van der Waals surface area contributed by atoms with Crippen LogP contribution in [0.4, 0.5) is 5.69 Å². The van der Waals surface area contributed by atoms with Crippen LogP contribution in [0.25, 0.3) is 0 Å². The highest BCUT2D eigenvalue weighted by Crippen LogP contribution is 2.22. The highest BCUT2D eigenvalue weighted by molar-refractivity contribution is 5.48. The van der Waals surface area contributed by atoms with Crippen molar-refractivity contribution in [3.63, 3.8) is 0 Å². The summed E-state index contributed by atoms with van der Waals surface area (Å²) in [5, 5.41) is 0. The third-order valence-corrected chi connectivity index (χ3v) is 2.68. The van der Waals surface area contributed by atoms with Crippen LogP contribution in [0.15, 0.2) is 18.2 Å². The maximum absolute atomic E-state index is 5.73. The van der Waals surface area contributed by atoms with Gasteiger partial charge in [0.1, 0.15) is 5.75 Å². The van der Waals surface area contributed by atoms with Gasteiger partial charge in [-0.1, -0.05) is 6.07 Å².